The zero-order valence-electron chi connectivity index (χ0n) is 8.99. The Labute approximate surface area is 102 Å². The minimum absolute atomic E-state index is 0.140. The number of benzene rings is 1. The Kier molecular flexibility index (Phi) is 3.48. The van der Waals surface area contributed by atoms with Gasteiger partial charge in [-0.1, -0.05) is 15.9 Å². The maximum atomic E-state index is 11.0. The molecule has 0 aromatic heterocycles. The average Bonchev–Trinajstić information content (AvgIpc) is 2.12. The van der Waals surface area contributed by atoms with Gasteiger partial charge in [-0.3, -0.25) is 4.79 Å². The smallest absolute Gasteiger partial charge is 0.309 e. The SMILES string of the molecule is CC(C)(Cc1cc(Br)cc(O)c1O)C(=O)O. The highest BCUT2D eigenvalue weighted by Crippen LogP contribution is 2.36. The van der Waals surface area contributed by atoms with Crippen LogP contribution in [0, 0.1) is 5.41 Å². The highest BCUT2D eigenvalue weighted by atomic mass is 79.9. The van der Waals surface area contributed by atoms with Crippen molar-refractivity contribution in [2.24, 2.45) is 5.41 Å². The van der Waals surface area contributed by atoms with E-state index in [1.807, 2.05) is 0 Å². The summed E-state index contributed by atoms with van der Waals surface area (Å²) in [4.78, 5) is 11.0. The van der Waals surface area contributed by atoms with Crippen molar-refractivity contribution in [3.63, 3.8) is 0 Å². The fourth-order valence-electron chi connectivity index (χ4n) is 1.33. The molecule has 4 nitrogen and oxygen atoms in total. The lowest BCUT2D eigenvalue weighted by molar-refractivity contribution is -0.146. The number of rotatable bonds is 3. The summed E-state index contributed by atoms with van der Waals surface area (Å²) in [7, 11) is 0. The van der Waals surface area contributed by atoms with Crippen LogP contribution in [0.2, 0.25) is 0 Å². The Morgan fingerprint density at radius 2 is 1.94 bits per heavy atom. The summed E-state index contributed by atoms with van der Waals surface area (Å²) < 4.78 is 0.596. The largest absolute Gasteiger partial charge is 0.504 e. The van der Waals surface area contributed by atoms with E-state index in [-0.39, 0.29) is 17.9 Å². The summed E-state index contributed by atoms with van der Waals surface area (Å²) in [6.45, 7) is 3.12. The van der Waals surface area contributed by atoms with Crippen molar-refractivity contribution < 1.29 is 20.1 Å². The molecule has 0 bridgehead atoms. The number of aliphatic carboxylic acids is 1. The van der Waals surface area contributed by atoms with Crippen LogP contribution in [0.3, 0.4) is 0 Å². The van der Waals surface area contributed by atoms with Gasteiger partial charge in [-0.25, -0.2) is 0 Å². The van der Waals surface area contributed by atoms with E-state index in [1.54, 1.807) is 19.9 Å². The molecule has 0 saturated carbocycles. The molecule has 1 aromatic rings. The van der Waals surface area contributed by atoms with Gasteiger partial charge < -0.3 is 15.3 Å². The van der Waals surface area contributed by atoms with Crippen molar-refractivity contribution in [3.8, 4) is 11.5 Å². The summed E-state index contributed by atoms with van der Waals surface area (Å²) in [5.41, 5.74) is -0.593. The molecule has 0 atom stereocenters. The first kappa shape index (κ1) is 12.8. The van der Waals surface area contributed by atoms with Crippen molar-refractivity contribution in [1.29, 1.82) is 0 Å². The molecule has 0 fully saturated rings. The normalized spacial score (nSPS) is 11.4. The Morgan fingerprint density at radius 1 is 1.38 bits per heavy atom. The molecule has 0 aliphatic heterocycles. The first-order valence-electron chi connectivity index (χ1n) is 4.68. The highest BCUT2D eigenvalue weighted by Gasteiger charge is 2.29. The predicted octanol–water partition coefficient (Wildman–Crippen LogP) is 2.51. The molecule has 0 amide bonds. The van der Waals surface area contributed by atoms with Crippen LogP contribution in [-0.2, 0) is 11.2 Å². The highest BCUT2D eigenvalue weighted by molar-refractivity contribution is 9.10. The van der Waals surface area contributed by atoms with Crippen molar-refractivity contribution in [2.45, 2.75) is 20.3 Å². The number of carbonyl (C=O) groups is 1. The molecule has 16 heavy (non-hydrogen) atoms. The van der Waals surface area contributed by atoms with Crippen LogP contribution in [0.1, 0.15) is 19.4 Å². The van der Waals surface area contributed by atoms with E-state index >= 15 is 0 Å². The van der Waals surface area contributed by atoms with Gasteiger partial charge in [0.05, 0.1) is 5.41 Å². The van der Waals surface area contributed by atoms with Crippen LogP contribution >= 0.6 is 15.9 Å². The van der Waals surface area contributed by atoms with Crippen LogP contribution in [0.4, 0.5) is 0 Å². The summed E-state index contributed by atoms with van der Waals surface area (Å²) in [6, 6.07) is 2.95. The lowest BCUT2D eigenvalue weighted by Gasteiger charge is -2.20. The molecular weight excluding hydrogens is 276 g/mol. The van der Waals surface area contributed by atoms with Gasteiger partial charge in [-0.05, 0) is 38.0 Å². The number of carboxylic acids is 1. The van der Waals surface area contributed by atoms with Crippen LogP contribution in [0.5, 0.6) is 11.5 Å². The molecule has 0 aliphatic carbocycles. The first-order valence-corrected chi connectivity index (χ1v) is 5.47. The van der Waals surface area contributed by atoms with Crippen LogP contribution in [-0.4, -0.2) is 21.3 Å². The fraction of sp³-hybridized carbons (Fsp3) is 0.364. The van der Waals surface area contributed by atoms with E-state index in [2.05, 4.69) is 15.9 Å². The molecule has 1 rings (SSSR count). The Balaban J connectivity index is 3.11. The minimum atomic E-state index is -0.995. The van der Waals surface area contributed by atoms with Gasteiger partial charge in [0, 0.05) is 4.47 Å². The summed E-state index contributed by atoms with van der Waals surface area (Å²) in [5.74, 6) is -1.48. The number of phenolic OH excluding ortho intramolecular Hbond substituents is 2. The number of aromatic hydroxyl groups is 2. The number of hydrogen-bond acceptors (Lipinski definition) is 3. The van der Waals surface area contributed by atoms with E-state index in [0.717, 1.165) is 0 Å². The summed E-state index contributed by atoms with van der Waals surface area (Å²) >= 11 is 3.17. The molecular formula is C11H13BrO4. The van der Waals surface area contributed by atoms with Gasteiger partial charge in [-0.15, -0.1) is 0 Å². The lowest BCUT2D eigenvalue weighted by Crippen LogP contribution is -2.26. The maximum absolute atomic E-state index is 11.0. The molecule has 0 saturated heterocycles. The standard InChI is InChI=1S/C11H13BrO4/c1-11(2,10(15)16)5-6-3-7(12)4-8(13)9(6)14/h3-4,13-14H,5H2,1-2H3,(H,15,16). The lowest BCUT2D eigenvalue weighted by atomic mass is 9.85. The monoisotopic (exact) mass is 288 g/mol. The van der Waals surface area contributed by atoms with Gasteiger partial charge in [0.2, 0.25) is 0 Å². The van der Waals surface area contributed by atoms with Gasteiger partial charge in [-0.2, -0.15) is 0 Å². The van der Waals surface area contributed by atoms with E-state index in [1.165, 1.54) is 6.07 Å². The van der Waals surface area contributed by atoms with Crippen LogP contribution in [0.15, 0.2) is 16.6 Å². The molecule has 3 N–H and O–H groups in total. The van der Waals surface area contributed by atoms with E-state index in [9.17, 15) is 15.0 Å². The third kappa shape index (κ3) is 2.66. The second-order valence-corrected chi connectivity index (χ2v) is 5.21. The fourth-order valence-corrected chi connectivity index (χ4v) is 1.82. The first-order chi connectivity index (χ1) is 7.24. The predicted molar refractivity (Wildman–Crippen MR) is 62.6 cm³/mol. The summed E-state index contributed by atoms with van der Waals surface area (Å²) in [5, 5.41) is 28.0. The molecule has 0 aliphatic rings. The zero-order chi connectivity index (χ0) is 12.5. The molecule has 88 valence electrons. The molecule has 5 heteroatoms. The Hall–Kier alpha value is -1.23. The van der Waals surface area contributed by atoms with Crippen LogP contribution in [0.25, 0.3) is 0 Å². The van der Waals surface area contributed by atoms with Crippen molar-refractivity contribution in [1.82, 2.24) is 0 Å². The molecule has 0 radical (unpaired) electrons. The molecule has 0 spiro atoms. The third-order valence-electron chi connectivity index (χ3n) is 2.34. The van der Waals surface area contributed by atoms with Gasteiger partial charge in [0.25, 0.3) is 0 Å². The summed E-state index contributed by atoms with van der Waals surface area (Å²) in [6.07, 6.45) is 0.140. The topological polar surface area (TPSA) is 77.8 Å². The maximum Gasteiger partial charge on any atom is 0.309 e. The third-order valence-corrected chi connectivity index (χ3v) is 2.80. The Bertz CT molecular complexity index is 426. The van der Waals surface area contributed by atoms with E-state index < -0.39 is 11.4 Å². The quantitative estimate of drug-likeness (QED) is 0.747. The van der Waals surface area contributed by atoms with E-state index in [4.69, 9.17) is 5.11 Å². The van der Waals surface area contributed by atoms with Crippen molar-refractivity contribution in [3.05, 3.63) is 22.2 Å². The Morgan fingerprint density at radius 3 is 2.44 bits per heavy atom. The zero-order valence-corrected chi connectivity index (χ0v) is 10.6. The number of hydrogen-bond donors (Lipinski definition) is 3. The minimum Gasteiger partial charge on any atom is -0.504 e. The van der Waals surface area contributed by atoms with Gasteiger partial charge in [0.15, 0.2) is 11.5 Å². The van der Waals surface area contributed by atoms with Crippen molar-refractivity contribution in [2.75, 3.05) is 0 Å². The number of phenols is 2. The molecule has 1 aromatic carbocycles. The average molecular weight is 289 g/mol. The number of halogens is 1. The van der Waals surface area contributed by atoms with Crippen molar-refractivity contribution >= 4 is 21.9 Å². The molecule has 0 heterocycles. The van der Waals surface area contributed by atoms with Gasteiger partial charge in [0.1, 0.15) is 0 Å². The molecule has 0 unspecified atom stereocenters. The second kappa shape index (κ2) is 4.33. The van der Waals surface area contributed by atoms with E-state index in [0.29, 0.717) is 10.0 Å². The van der Waals surface area contributed by atoms with Crippen LogP contribution < -0.4 is 0 Å². The number of carboxylic acid groups (broad SMARTS) is 1. The second-order valence-electron chi connectivity index (χ2n) is 4.30. The van der Waals surface area contributed by atoms with Gasteiger partial charge >= 0.3 is 5.97 Å².